The molecule has 0 fully saturated rings. The summed E-state index contributed by atoms with van der Waals surface area (Å²) in [5, 5.41) is 0.605. The Morgan fingerprint density at radius 2 is 1.52 bits per heavy atom. The zero-order chi connectivity index (χ0) is 17.2. The van der Waals surface area contributed by atoms with Crippen LogP contribution in [0.5, 0.6) is 5.75 Å². The summed E-state index contributed by atoms with van der Waals surface area (Å²) in [7, 11) is 0. The van der Waals surface area contributed by atoms with E-state index in [1.54, 1.807) is 6.07 Å². The Bertz CT molecular complexity index is 961. The van der Waals surface area contributed by atoms with Crippen LogP contribution >= 0.6 is 11.6 Å². The van der Waals surface area contributed by atoms with Gasteiger partial charge in [-0.05, 0) is 35.4 Å². The average molecular weight is 347 g/mol. The third-order valence-electron chi connectivity index (χ3n) is 4.24. The minimum Gasteiger partial charge on any atom is -0.480 e. The molecule has 3 heteroatoms. The van der Waals surface area contributed by atoms with Crippen LogP contribution in [0.3, 0.4) is 0 Å². The Morgan fingerprint density at radius 3 is 2.32 bits per heavy atom. The number of ether oxygens (including phenoxy) is 1. The number of rotatable bonds is 2. The molecule has 2 nitrogen and oxygen atoms in total. The van der Waals surface area contributed by atoms with Gasteiger partial charge in [-0.1, -0.05) is 72.3 Å². The quantitative estimate of drug-likeness (QED) is 0.553. The number of hydrogen-bond acceptors (Lipinski definition) is 2. The third-order valence-corrected chi connectivity index (χ3v) is 4.58. The number of carbonyl (C=O) groups is 1. The van der Waals surface area contributed by atoms with Gasteiger partial charge in [-0.15, -0.1) is 0 Å². The van der Waals surface area contributed by atoms with Gasteiger partial charge in [-0.2, -0.15) is 0 Å². The first-order valence-electron chi connectivity index (χ1n) is 8.05. The molecule has 0 bridgehead atoms. The molecule has 0 spiro atoms. The molecule has 0 N–H and O–H groups in total. The van der Waals surface area contributed by atoms with E-state index >= 15 is 0 Å². The Kier molecular flexibility index (Phi) is 4.12. The first-order chi connectivity index (χ1) is 12.2. The third kappa shape index (κ3) is 2.97. The van der Waals surface area contributed by atoms with Crippen LogP contribution in [0.1, 0.15) is 27.6 Å². The summed E-state index contributed by atoms with van der Waals surface area (Å²) in [6, 6.07) is 24.6. The monoisotopic (exact) mass is 346 g/mol. The molecule has 0 saturated carbocycles. The Hall–Kier alpha value is -2.84. The van der Waals surface area contributed by atoms with Crippen molar-refractivity contribution in [2.45, 2.75) is 6.10 Å². The maximum atomic E-state index is 13.1. The second-order valence-electron chi connectivity index (χ2n) is 5.86. The number of halogens is 1. The summed E-state index contributed by atoms with van der Waals surface area (Å²) in [5.74, 6) is 0.577. The number of carbonyl (C=O) groups excluding carboxylic acids is 1. The molecule has 3 aromatic rings. The first kappa shape index (κ1) is 15.7. The molecule has 0 radical (unpaired) electrons. The van der Waals surface area contributed by atoms with Crippen molar-refractivity contribution in [2.24, 2.45) is 0 Å². The van der Waals surface area contributed by atoms with Crippen LogP contribution in [0.25, 0.3) is 6.08 Å². The Morgan fingerprint density at radius 1 is 0.840 bits per heavy atom. The van der Waals surface area contributed by atoms with Gasteiger partial charge in [0.05, 0.1) is 5.56 Å². The van der Waals surface area contributed by atoms with E-state index in [4.69, 9.17) is 16.3 Å². The highest BCUT2D eigenvalue weighted by atomic mass is 35.5. The molecule has 25 heavy (non-hydrogen) atoms. The number of benzene rings is 3. The molecule has 1 aliphatic rings. The summed E-state index contributed by atoms with van der Waals surface area (Å²) >= 11 is 6.29. The second kappa shape index (κ2) is 6.58. The van der Waals surface area contributed by atoms with Gasteiger partial charge in [0.15, 0.2) is 11.9 Å². The van der Waals surface area contributed by atoms with Crippen LogP contribution in [0.15, 0.2) is 84.4 Å². The number of Topliss-reactive ketones (excluding diaryl/α,β-unsaturated/α-hetero) is 1. The lowest BCUT2D eigenvalue weighted by Gasteiger charge is -2.28. The number of hydrogen-bond donors (Lipinski definition) is 0. The first-order valence-corrected chi connectivity index (χ1v) is 8.43. The smallest absolute Gasteiger partial charge is 0.196 e. The number of fused-ring (bicyclic) bond motifs is 1. The van der Waals surface area contributed by atoms with Gasteiger partial charge < -0.3 is 4.74 Å². The highest BCUT2D eigenvalue weighted by Gasteiger charge is 2.32. The molecule has 0 unspecified atom stereocenters. The fourth-order valence-corrected chi connectivity index (χ4v) is 3.19. The molecule has 0 aliphatic carbocycles. The van der Waals surface area contributed by atoms with Gasteiger partial charge in [0, 0.05) is 10.6 Å². The largest absolute Gasteiger partial charge is 0.480 e. The minimum absolute atomic E-state index is 0.0318. The van der Waals surface area contributed by atoms with Crippen LogP contribution < -0.4 is 4.74 Å². The van der Waals surface area contributed by atoms with Crippen molar-refractivity contribution >= 4 is 23.5 Å². The molecule has 4 rings (SSSR count). The van der Waals surface area contributed by atoms with E-state index in [0.29, 0.717) is 21.9 Å². The molecule has 3 aromatic carbocycles. The van der Waals surface area contributed by atoms with Gasteiger partial charge in [-0.25, -0.2) is 0 Å². The fraction of sp³-hybridized carbons (Fsp3) is 0.0455. The number of ketones is 1. The van der Waals surface area contributed by atoms with E-state index < -0.39 is 6.10 Å². The van der Waals surface area contributed by atoms with Gasteiger partial charge in [0.1, 0.15) is 5.75 Å². The van der Waals surface area contributed by atoms with E-state index in [9.17, 15) is 4.79 Å². The standard InChI is InChI=1S/C22H15ClO2/c23-19-12-6-4-10-16(19)14-18-21(24)17-11-5-7-13-20(17)25-22(18)15-8-2-1-3-9-15/h1-14,22H/b18-14-/t22-/m1/s1. The summed E-state index contributed by atoms with van der Waals surface area (Å²) in [4.78, 5) is 13.1. The van der Waals surface area contributed by atoms with Crippen molar-refractivity contribution in [3.8, 4) is 5.75 Å². The molecular weight excluding hydrogens is 332 g/mol. The highest BCUT2D eigenvalue weighted by Crippen LogP contribution is 2.39. The van der Waals surface area contributed by atoms with E-state index in [2.05, 4.69) is 0 Å². The molecule has 0 amide bonds. The lowest BCUT2D eigenvalue weighted by molar-refractivity contribution is 0.0963. The van der Waals surface area contributed by atoms with E-state index in [1.165, 1.54) is 0 Å². The van der Waals surface area contributed by atoms with Crippen LogP contribution in [0, 0.1) is 0 Å². The number of para-hydroxylation sites is 1. The average Bonchev–Trinajstić information content (AvgIpc) is 2.66. The SMILES string of the molecule is O=C1/C(=C/c2ccccc2Cl)[C@@H](c2ccccc2)Oc2ccccc21. The van der Waals surface area contributed by atoms with Gasteiger partial charge in [-0.3, -0.25) is 4.79 Å². The van der Waals surface area contributed by atoms with Crippen molar-refractivity contribution in [3.63, 3.8) is 0 Å². The summed E-state index contributed by atoms with van der Waals surface area (Å²) < 4.78 is 6.18. The molecule has 1 atom stereocenters. The van der Waals surface area contributed by atoms with Crippen molar-refractivity contribution in [2.75, 3.05) is 0 Å². The van der Waals surface area contributed by atoms with Gasteiger partial charge >= 0.3 is 0 Å². The summed E-state index contributed by atoms with van der Waals surface area (Å²) in [6.07, 6.45) is 1.37. The second-order valence-corrected chi connectivity index (χ2v) is 6.26. The van der Waals surface area contributed by atoms with Crippen LogP contribution in [-0.4, -0.2) is 5.78 Å². The normalized spacial score (nSPS) is 17.9. The summed E-state index contributed by atoms with van der Waals surface area (Å²) in [5.41, 5.74) is 2.89. The minimum atomic E-state index is -0.458. The molecule has 0 aromatic heterocycles. The lowest BCUT2D eigenvalue weighted by atomic mass is 9.89. The van der Waals surface area contributed by atoms with Crippen LogP contribution in [0.2, 0.25) is 5.02 Å². The zero-order valence-corrected chi connectivity index (χ0v) is 14.1. The fourth-order valence-electron chi connectivity index (χ4n) is 3.00. The molecule has 1 aliphatic heterocycles. The van der Waals surface area contributed by atoms with Gasteiger partial charge in [0.25, 0.3) is 0 Å². The Labute approximate surface area is 151 Å². The van der Waals surface area contributed by atoms with Gasteiger partial charge in [0.2, 0.25) is 0 Å². The molecule has 122 valence electrons. The van der Waals surface area contributed by atoms with E-state index in [-0.39, 0.29) is 5.78 Å². The lowest BCUT2D eigenvalue weighted by Crippen LogP contribution is -2.23. The van der Waals surface area contributed by atoms with Crippen LogP contribution in [-0.2, 0) is 0 Å². The predicted molar refractivity (Wildman–Crippen MR) is 100 cm³/mol. The molecule has 0 saturated heterocycles. The van der Waals surface area contributed by atoms with Crippen molar-refractivity contribution in [3.05, 3.63) is 106 Å². The molecular formula is C22H15ClO2. The predicted octanol–water partition coefficient (Wildman–Crippen LogP) is 5.74. The zero-order valence-electron chi connectivity index (χ0n) is 13.4. The maximum absolute atomic E-state index is 13.1. The Balaban J connectivity index is 1.89. The topological polar surface area (TPSA) is 26.3 Å². The highest BCUT2D eigenvalue weighted by molar-refractivity contribution is 6.32. The summed E-state index contributed by atoms with van der Waals surface area (Å²) in [6.45, 7) is 0. The van der Waals surface area contributed by atoms with E-state index in [0.717, 1.165) is 11.1 Å². The van der Waals surface area contributed by atoms with Crippen molar-refractivity contribution in [1.82, 2.24) is 0 Å². The van der Waals surface area contributed by atoms with E-state index in [1.807, 2.05) is 78.9 Å². The molecule has 1 heterocycles. The van der Waals surface area contributed by atoms with Crippen molar-refractivity contribution in [1.29, 1.82) is 0 Å². The maximum Gasteiger partial charge on any atom is 0.196 e. The van der Waals surface area contributed by atoms with Crippen LogP contribution in [0.4, 0.5) is 0 Å². The van der Waals surface area contributed by atoms with Crippen molar-refractivity contribution < 1.29 is 9.53 Å².